The van der Waals surface area contributed by atoms with Crippen LogP contribution in [0.1, 0.15) is 63.4 Å². The third-order valence-electron chi connectivity index (χ3n) is 9.17. The molecule has 4 heterocycles. The molecular formula is C36H39ClN6O5. The molecule has 0 unspecified atom stereocenters. The van der Waals surface area contributed by atoms with Gasteiger partial charge in [-0.05, 0) is 69.4 Å². The van der Waals surface area contributed by atoms with Gasteiger partial charge in [-0.3, -0.25) is 24.2 Å². The van der Waals surface area contributed by atoms with Crippen molar-refractivity contribution < 1.29 is 23.6 Å². The van der Waals surface area contributed by atoms with E-state index in [2.05, 4.69) is 15.3 Å². The summed E-state index contributed by atoms with van der Waals surface area (Å²) in [6, 6.07) is 11.5. The molecule has 2 bridgehead atoms. The first-order chi connectivity index (χ1) is 23.2. The lowest BCUT2D eigenvalue weighted by Gasteiger charge is -2.31. The Kier molecular flexibility index (Phi) is 10.0. The fraction of sp³-hybridized carbons (Fsp3) is 0.389. The summed E-state index contributed by atoms with van der Waals surface area (Å²) >= 11 is 6.39. The van der Waals surface area contributed by atoms with Crippen molar-refractivity contribution in [3.05, 3.63) is 94.2 Å². The molecular weight excluding hydrogens is 632 g/mol. The minimum Gasteiger partial charge on any atom is -0.464 e. The van der Waals surface area contributed by atoms with Crippen LogP contribution in [0.2, 0.25) is 5.02 Å². The molecule has 4 aromatic rings. The maximum atomic E-state index is 14.0. The maximum absolute atomic E-state index is 14.0. The molecule has 0 radical (unpaired) electrons. The summed E-state index contributed by atoms with van der Waals surface area (Å²) in [5.74, 6) is -0.896. The number of likely N-dealkylation sites (tertiary alicyclic amines) is 1. The van der Waals surface area contributed by atoms with Gasteiger partial charge >= 0.3 is 0 Å². The first kappa shape index (κ1) is 33.1. The van der Waals surface area contributed by atoms with Crippen molar-refractivity contribution in [3.63, 3.8) is 0 Å². The Labute approximate surface area is 284 Å². The summed E-state index contributed by atoms with van der Waals surface area (Å²) in [6.07, 6.45) is 6.76. The van der Waals surface area contributed by atoms with Crippen LogP contribution >= 0.6 is 11.6 Å². The lowest BCUT2D eigenvalue weighted by Crippen LogP contribution is -2.46. The van der Waals surface area contributed by atoms with Crippen LogP contribution in [-0.4, -0.2) is 93.1 Å². The Morgan fingerprint density at radius 2 is 1.75 bits per heavy atom. The van der Waals surface area contributed by atoms with E-state index in [4.69, 9.17) is 16.0 Å². The van der Waals surface area contributed by atoms with Gasteiger partial charge in [-0.15, -0.1) is 0 Å². The van der Waals surface area contributed by atoms with E-state index in [1.165, 1.54) is 6.20 Å². The first-order valence-corrected chi connectivity index (χ1v) is 16.7. The van der Waals surface area contributed by atoms with E-state index in [0.717, 1.165) is 16.6 Å². The van der Waals surface area contributed by atoms with E-state index in [-0.39, 0.29) is 42.3 Å². The molecule has 2 atom stereocenters. The van der Waals surface area contributed by atoms with E-state index < -0.39 is 12.1 Å². The maximum Gasteiger partial charge on any atom is 0.274 e. The van der Waals surface area contributed by atoms with Crippen LogP contribution in [0.3, 0.4) is 0 Å². The third-order valence-corrected chi connectivity index (χ3v) is 9.58. The minimum absolute atomic E-state index is 0.0223. The zero-order valence-electron chi connectivity index (χ0n) is 27.2. The number of aromatic nitrogens is 2. The van der Waals surface area contributed by atoms with Gasteiger partial charge in [-0.1, -0.05) is 29.8 Å². The summed E-state index contributed by atoms with van der Waals surface area (Å²) < 4.78 is 5.74. The second kappa shape index (κ2) is 14.6. The van der Waals surface area contributed by atoms with Crippen LogP contribution in [0.4, 0.5) is 0 Å². The minimum atomic E-state index is -0.737. The van der Waals surface area contributed by atoms with E-state index >= 15 is 0 Å². The van der Waals surface area contributed by atoms with E-state index in [9.17, 15) is 19.2 Å². The molecule has 0 spiro atoms. The highest BCUT2D eigenvalue weighted by Crippen LogP contribution is 2.30. The highest BCUT2D eigenvalue weighted by molar-refractivity contribution is 6.32. The van der Waals surface area contributed by atoms with Gasteiger partial charge in [0, 0.05) is 60.5 Å². The summed E-state index contributed by atoms with van der Waals surface area (Å²) in [4.78, 5) is 68.7. The van der Waals surface area contributed by atoms with Crippen LogP contribution in [-0.2, 0) is 16.0 Å². The second-order valence-corrected chi connectivity index (χ2v) is 12.9. The predicted octanol–water partition coefficient (Wildman–Crippen LogP) is 4.59. The van der Waals surface area contributed by atoms with Gasteiger partial charge in [0.15, 0.2) is 0 Å². The number of carbonyl (C=O) groups is 4. The average Bonchev–Trinajstić information content (AvgIpc) is 3.70. The summed E-state index contributed by atoms with van der Waals surface area (Å²) in [5, 5.41) is 4.35. The number of aryl methyl sites for hydroxylation is 2. The van der Waals surface area contributed by atoms with Gasteiger partial charge in [0.1, 0.15) is 17.3 Å². The van der Waals surface area contributed by atoms with E-state index in [1.54, 1.807) is 45.4 Å². The zero-order valence-corrected chi connectivity index (χ0v) is 27.9. The van der Waals surface area contributed by atoms with Gasteiger partial charge in [-0.2, -0.15) is 0 Å². The monoisotopic (exact) mass is 670 g/mol. The number of amides is 4. The Morgan fingerprint density at radius 3 is 2.52 bits per heavy atom. The normalized spacial score (nSPS) is 19.2. The van der Waals surface area contributed by atoms with E-state index in [0.29, 0.717) is 73.6 Å². The number of fused-ring (bicyclic) bond motifs is 3. The smallest absolute Gasteiger partial charge is 0.274 e. The molecule has 0 saturated carbocycles. The number of halogens is 1. The van der Waals surface area contributed by atoms with Gasteiger partial charge < -0.3 is 24.4 Å². The second-order valence-electron chi connectivity index (χ2n) is 12.5. The number of benzene rings is 2. The predicted molar refractivity (Wildman–Crippen MR) is 181 cm³/mol. The lowest BCUT2D eigenvalue weighted by molar-refractivity contribution is -0.138. The average molecular weight is 671 g/mol. The van der Waals surface area contributed by atoms with Crippen LogP contribution in [0.5, 0.6) is 0 Å². The Balaban J connectivity index is 1.26. The molecule has 6 rings (SSSR count). The largest absolute Gasteiger partial charge is 0.464 e. The Bertz CT molecular complexity index is 1810. The summed E-state index contributed by atoms with van der Waals surface area (Å²) in [5.41, 5.74) is 3.70. The topological polar surface area (TPSA) is 129 Å². The highest BCUT2D eigenvalue weighted by atomic mass is 35.5. The van der Waals surface area contributed by atoms with Crippen molar-refractivity contribution in [2.24, 2.45) is 0 Å². The van der Waals surface area contributed by atoms with Crippen molar-refractivity contribution in [3.8, 4) is 0 Å². The number of nitrogens with zero attached hydrogens (tertiary/aromatic N) is 5. The molecule has 11 nitrogen and oxygen atoms in total. The molecule has 2 aromatic carbocycles. The molecule has 2 aromatic heterocycles. The zero-order chi connectivity index (χ0) is 33.8. The van der Waals surface area contributed by atoms with Crippen LogP contribution < -0.4 is 5.32 Å². The van der Waals surface area contributed by atoms with Crippen molar-refractivity contribution in [2.45, 2.75) is 58.0 Å². The van der Waals surface area contributed by atoms with Crippen molar-refractivity contribution in [2.75, 3.05) is 32.7 Å². The van der Waals surface area contributed by atoms with Crippen molar-refractivity contribution in [1.29, 1.82) is 0 Å². The van der Waals surface area contributed by atoms with Gasteiger partial charge in [0.25, 0.3) is 11.8 Å². The molecule has 2 fully saturated rings. The van der Waals surface area contributed by atoms with Gasteiger partial charge in [-0.25, -0.2) is 4.98 Å². The van der Waals surface area contributed by atoms with Crippen molar-refractivity contribution in [1.82, 2.24) is 30.0 Å². The lowest BCUT2D eigenvalue weighted by atomic mass is 10.1. The fourth-order valence-corrected chi connectivity index (χ4v) is 6.70. The SMILES string of the molecule is Cc1cnc(C(=O)N2CCCCNC(=O)[C@@H]3C[C@@H](CN3C(=O)Cc3coc4cc(C)c(Cl)cc34)N(C(=O)c3ccccc3)CCC2)cn1. The Hall–Kier alpha value is -4.77. The fourth-order valence-electron chi connectivity index (χ4n) is 6.53. The number of nitrogens with one attached hydrogen (secondary N) is 1. The van der Waals surface area contributed by atoms with E-state index in [1.807, 2.05) is 38.1 Å². The molecule has 2 aliphatic rings. The molecule has 250 valence electrons. The Morgan fingerprint density at radius 1 is 0.958 bits per heavy atom. The number of carbonyl (C=O) groups excluding carboxylic acids is 4. The van der Waals surface area contributed by atoms with Crippen molar-refractivity contribution >= 4 is 46.2 Å². The molecule has 1 N–H and O–H groups in total. The number of hydrogen-bond acceptors (Lipinski definition) is 7. The third kappa shape index (κ3) is 7.21. The molecule has 48 heavy (non-hydrogen) atoms. The molecule has 4 amide bonds. The summed E-state index contributed by atoms with van der Waals surface area (Å²) in [6.45, 7) is 5.51. The molecule has 2 saturated heterocycles. The molecule has 2 aliphatic heterocycles. The standard InChI is InChI=1S/C36H39ClN6O5/c1-23-15-32-28(18-29(23)37)26(22-48-32)16-33(44)43-21-27-17-31(43)34(45)38-11-6-7-12-41(36(47)30-20-39-24(2)19-40-30)13-8-14-42(27)35(46)25-9-4-3-5-10-25/h3-5,9-10,15,18-20,22,27,31H,6-8,11-14,16-17,21H2,1-2H3,(H,38,45)/t27-,31-/m0/s1. The van der Waals surface area contributed by atoms with Gasteiger partial charge in [0.2, 0.25) is 11.8 Å². The van der Waals surface area contributed by atoms with Gasteiger partial charge in [0.05, 0.1) is 30.6 Å². The highest BCUT2D eigenvalue weighted by Gasteiger charge is 2.43. The first-order valence-electron chi connectivity index (χ1n) is 16.4. The number of rotatable bonds is 4. The van der Waals surface area contributed by atoms with Crippen LogP contribution in [0.25, 0.3) is 11.0 Å². The molecule has 0 aliphatic carbocycles. The summed E-state index contributed by atoms with van der Waals surface area (Å²) in [7, 11) is 0. The quantitative estimate of drug-likeness (QED) is 0.336. The number of hydrogen-bond donors (Lipinski definition) is 1. The van der Waals surface area contributed by atoms with Crippen LogP contribution in [0.15, 0.2) is 65.5 Å². The molecule has 12 heteroatoms. The number of furan rings is 1. The van der Waals surface area contributed by atoms with Crippen LogP contribution in [0, 0.1) is 13.8 Å².